The van der Waals surface area contributed by atoms with Crippen molar-refractivity contribution in [1.82, 2.24) is 4.90 Å². The maximum absolute atomic E-state index is 11.1. The molecule has 0 spiro atoms. The molecular formula is C15H22N2O4. The van der Waals surface area contributed by atoms with Crippen molar-refractivity contribution in [2.75, 3.05) is 33.9 Å². The van der Waals surface area contributed by atoms with E-state index >= 15 is 0 Å². The van der Waals surface area contributed by atoms with Gasteiger partial charge in [-0.25, -0.2) is 0 Å². The monoisotopic (exact) mass is 294 g/mol. The van der Waals surface area contributed by atoms with Gasteiger partial charge in [0.15, 0.2) is 11.5 Å². The standard InChI is InChI=1S/C15H22N2O4/c1-20-13-4-3-10(7-14(13)21-2)12(8-16)17-6-5-11(9-17)15(18)19/h3-4,7,11-12H,5-6,8-9,16H2,1-2H3,(H,18,19)/t11-,12+/m1/s1. The van der Waals surface area contributed by atoms with Crippen LogP contribution in [0.4, 0.5) is 0 Å². The molecule has 1 aromatic carbocycles. The molecule has 0 saturated carbocycles. The van der Waals surface area contributed by atoms with Crippen LogP contribution in [0.25, 0.3) is 0 Å². The molecular weight excluding hydrogens is 272 g/mol. The number of hydrogen-bond acceptors (Lipinski definition) is 5. The van der Waals surface area contributed by atoms with Gasteiger partial charge in [0.25, 0.3) is 0 Å². The second kappa shape index (κ2) is 6.78. The number of ether oxygens (including phenoxy) is 2. The SMILES string of the molecule is COc1ccc([C@H](CN)N2CC[C@@H](C(=O)O)C2)cc1OC. The summed E-state index contributed by atoms with van der Waals surface area (Å²) in [6.45, 7) is 1.71. The molecule has 0 unspecified atom stereocenters. The van der Waals surface area contributed by atoms with Gasteiger partial charge in [-0.05, 0) is 30.7 Å². The third-order valence-electron chi connectivity index (χ3n) is 4.03. The van der Waals surface area contributed by atoms with Gasteiger partial charge in [-0.2, -0.15) is 0 Å². The second-order valence-corrected chi connectivity index (χ2v) is 5.18. The zero-order valence-corrected chi connectivity index (χ0v) is 12.4. The third kappa shape index (κ3) is 3.28. The van der Waals surface area contributed by atoms with Crippen molar-refractivity contribution in [3.8, 4) is 11.5 Å². The first kappa shape index (κ1) is 15.6. The number of aliphatic carboxylic acids is 1. The van der Waals surface area contributed by atoms with Crippen LogP contribution in [0.3, 0.4) is 0 Å². The molecule has 2 rings (SSSR count). The number of carbonyl (C=O) groups is 1. The van der Waals surface area contributed by atoms with Gasteiger partial charge in [-0.3, -0.25) is 9.69 Å². The molecule has 1 fully saturated rings. The summed E-state index contributed by atoms with van der Waals surface area (Å²) in [5.74, 6) is 0.282. The summed E-state index contributed by atoms with van der Waals surface area (Å²) in [5, 5.41) is 9.11. The highest BCUT2D eigenvalue weighted by molar-refractivity contribution is 5.70. The van der Waals surface area contributed by atoms with Crippen molar-refractivity contribution in [2.24, 2.45) is 11.7 Å². The quantitative estimate of drug-likeness (QED) is 0.817. The van der Waals surface area contributed by atoms with Crippen LogP contribution >= 0.6 is 0 Å². The van der Waals surface area contributed by atoms with Gasteiger partial charge in [0.05, 0.1) is 20.1 Å². The highest BCUT2D eigenvalue weighted by Crippen LogP contribution is 2.33. The number of hydrogen-bond donors (Lipinski definition) is 2. The molecule has 1 heterocycles. The van der Waals surface area contributed by atoms with Crippen molar-refractivity contribution in [3.63, 3.8) is 0 Å². The van der Waals surface area contributed by atoms with Crippen molar-refractivity contribution in [1.29, 1.82) is 0 Å². The second-order valence-electron chi connectivity index (χ2n) is 5.18. The van der Waals surface area contributed by atoms with Crippen LogP contribution in [0.5, 0.6) is 11.5 Å². The molecule has 2 atom stereocenters. The van der Waals surface area contributed by atoms with Crippen LogP contribution < -0.4 is 15.2 Å². The van der Waals surface area contributed by atoms with E-state index in [-0.39, 0.29) is 12.0 Å². The summed E-state index contributed by atoms with van der Waals surface area (Å²) in [4.78, 5) is 13.2. The van der Waals surface area contributed by atoms with E-state index in [1.165, 1.54) is 0 Å². The van der Waals surface area contributed by atoms with E-state index in [1.807, 2.05) is 18.2 Å². The van der Waals surface area contributed by atoms with Gasteiger partial charge >= 0.3 is 5.97 Å². The van der Waals surface area contributed by atoms with Crippen LogP contribution in [0.1, 0.15) is 18.0 Å². The lowest BCUT2D eigenvalue weighted by atomic mass is 10.0. The maximum Gasteiger partial charge on any atom is 0.307 e. The predicted molar refractivity (Wildman–Crippen MR) is 78.7 cm³/mol. The Bertz CT molecular complexity index is 506. The average Bonchev–Trinajstić information content (AvgIpc) is 2.97. The molecule has 0 aromatic heterocycles. The van der Waals surface area contributed by atoms with Gasteiger partial charge in [-0.1, -0.05) is 6.07 Å². The normalized spacial score (nSPS) is 20.2. The molecule has 21 heavy (non-hydrogen) atoms. The highest BCUT2D eigenvalue weighted by Gasteiger charge is 2.32. The lowest BCUT2D eigenvalue weighted by molar-refractivity contribution is -0.141. The van der Waals surface area contributed by atoms with E-state index < -0.39 is 5.97 Å². The lowest BCUT2D eigenvalue weighted by Gasteiger charge is -2.27. The van der Waals surface area contributed by atoms with Gasteiger partial charge in [0, 0.05) is 19.1 Å². The zero-order chi connectivity index (χ0) is 15.4. The van der Waals surface area contributed by atoms with Gasteiger partial charge < -0.3 is 20.3 Å². The molecule has 116 valence electrons. The number of carboxylic acid groups (broad SMARTS) is 1. The maximum atomic E-state index is 11.1. The van der Waals surface area contributed by atoms with Crippen LogP contribution in [-0.4, -0.2) is 49.8 Å². The first-order valence-corrected chi connectivity index (χ1v) is 6.99. The number of rotatable bonds is 6. The Morgan fingerprint density at radius 2 is 2.14 bits per heavy atom. The Hall–Kier alpha value is -1.79. The van der Waals surface area contributed by atoms with Gasteiger partial charge in [0.1, 0.15) is 0 Å². The molecule has 1 aromatic rings. The lowest BCUT2D eigenvalue weighted by Crippen LogP contribution is -2.32. The summed E-state index contributed by atoms with van der Waals surface area (Å²) in [6, 6.07) is 5.70. The molecule has 3 N–H and O–H groups in total. The molecule has 6 nitrogen and oxygen atoms in total. The van der Waals surface area contributed by atoms with Crippen molar-refractivity contribution in [3.05, 3.63) is 23.8 Å². The Balaban J connectivity index is 2.20. The average molecular weight is 294 g/mol. The molecule has 1 aliphatic rings. The van der Waals surface area contributed by atoms with Crippen molar-refractivity contribution >= 4 is 5.97 Å². The largest absolute Gasteiger partial charge is 0.493 e. The minimum atomic E-state index is -0.736. The molecule has 0 amide bonds. The zero-order valence-electron chi connectivity index (χ0n) is 12.4. The summed E-state index contributed by atoms with van der Waals surface area (Å²) in [7, 11) is 3.19. The summed E-state index contributed by atoms with van der Waals surface area (Å²) < 4.78 is 10.5. The van der Waals surface area contributed by atoms with Crippen molar-refractivity contribution in [2.45, 2.75) is 12.5 Å². The first-order chi connectivity index (χ1) is 10.1. The number of methoxy groups -OCH3 is 2. The van der Waals surface area contributed by atoms with E-state index in [2.05, 4.69) is 4.90 Å². The number of nitrogens with two attached hydrogens (primary N) is 1. The van der Waals surface area contributed by atoms with Gasteiger partial charge in [-0.15, -0.1) is 0 Å². The summed E-state index contributed by atoms with van der Waals surface area (Å²) >= 11 is 0. The van der Waals surface area contributed by atoms with Gasteiger partial charge in [0.2, 0.25) is 0 Å². The number of benzene rings is 1. The molecule has 0 radical (unpaired) electrons. The molecule has 1 saturated heterocycles. The Morgan fingerprint density at radius 1 is 1.43 bits per heavy atom. The van der Waals surface area contributed by atoms with Crippen molar-refractivity contribution < 1.29 is 19.4 Å². The highest BCUT2D eigenvalue weighted by atomic mass is 16.5. The molecule has 0 bridgehead atoms. The van der Waals surface area contributed by atoms with Crippen LogP contribution in [-0.2, 0) is 4.79 Å². The minimum absolute atomic E-state index is 0.00541. The summed E-state index contributed by atoms with van der Waals surface area (Å²) in [6.07, 6.45) is 0.666. The number of nitrogens with zero attached hydrogens (tertiary/aromatic N) is 1. The third-order valence-corrected chi connectivity index (χ3v) is 4.03. The summed E-state index contributed by atoms with van der Waals surface area (Å²) in [5.41, 5.74) is 6.92. The fourth-order valence-electron chi connectivity index (χ4n) is 2.83. The Kier molecular flexibility index (Phi) is 5.03. The topological polar surface area (TPSA) is 85.0 Å². The fourth-order valence-corrected chi connectivity index (χ4v) is 2.83. The first-order valence-electron chi connectivity index (χ1n) is 6.99. The van der Waals surface area contributed by atoms with Crippen LogP contribution in [0.15, 0.2) is 18.2 Å². The number of likely N-dealkylation sites (tertiary alicyclic amines) is 1. The molecule has 6 heteroatoms. The van der Waals surface area contributed by atoms with Crippen LogP contribution in [0.2, 0.25) is 0 Å². The molecule has 1 aliphatic heterocycles. The Morgan fingerprint density at radius 3 is 2.67 bits per heavy atom. The smallest absolute Gasteiger partial charge is 0.307 e. The van der Waals surface area contributed by atoms with E-state index in [0.717, 1.165) is 12.1 Å². The molecule has 0 aliphatic carbocycles. The fraction of sp³-hybridized carbons (Fsp3) is 0.533. The van der Waals surface area contributed by atoms with E-state index in [1.54, 1.807) is 14.2 Å². The predicted octanol–water partition coefficient (Wildman–Crippen LogP) is 1.11. The van der Waals surface area contributed by atoms with E-state index in [9.17, 15) is 4.79 Å². The van der Waals surface area contributed by atoms with E-state index in [0.29, 0.717) is 31.0 Å². The van der Waals surface area contributed by atoms with Crippen LogP contribution in [0, 0.1) is 5.92 Å². The van der Waals surface area contributed by atoms with E-state index in [4.69, 9.17) is 20.3 Å². The minimum Gasteiger partial charge on any atom is -0.493 e. The number of carboxylic acids is 1. The Labute approximate surface area is 124 Å².